The summed E-state index contributed by atoms with van der Waals surface area (Å²) in [6.07, 6.45) is 2.25. The van der Waals surface area contributed by atoms with Crippen molar-refractivity contribution in [3.63, 3.8) is 0 Å². The first-order valence-electron chi connectivity index (χ1n) is 5.88. The summed E-state index contributed by atoms with van der Waals surface area (Å²) in [4.78, 5) is 2.39. The third kappa shape index (κ3) is 3.95. The number of hydrogen-bond acceptors (Lipinski definition) is 2. The largest absolute Gasteiger partial charge is 0.381 e. The molecular weight excluding hydrogens is 302 g/mol. The monoisotopic (exact) mass is 317 g/mol. The smallest absolute Gasteiger partial charge is 0.0480 e. The molecule has 1 fully saturated rings. The lowest BCUT2D eigenvalue weighted by molar-refractivity contribution is 0.0407. The van der Waals surface area contributed by atoms with E-state index in [1.807, 2.05) is 12.1 Å². The molecule has 0 saturated carbocycles. The van der Waals surface area contributed by atoms with E-state index >= 15 is 0 Å². The highest BCUT2D eigenvalue weighted by Crippen LogP contribution is 2.22. The van der Waals surface area contributed by atoms with Crippen LogP contribution in [0.25, 0.3) is 0 Å². The van der Waals surface area contributed by atoms with Crippen LogP contribution in [0.4, 0.5) is 0 Å². The van der Waals surface area contributed by atoms with E-state index in [1.54, 1.807) is 0 Å². The minimum Gasteiger partial charge on any atom is -0.381 e. The lowest BCUT2D eigenvalue weighted by Gasteiger charge is -2.31. The van der Waals surface area contributed by atoms with Crippen LogP contribution >= 0.6 is 27.5 Å². The molecule has 1 aromatic rings. The van der Waals surface area contributed by atoms with Crippen LogP contribution in [0.1, 0.15) is 18.4 Å². The van der Waals surface area contributed by atoms with E-state index in [1.165, 1.54) is 5.56 Å². The molecule has 0 spiro atoms. The molecule has 0 aromatic heterocycles. The Labute approximate surface area is 116 Å². The maximum atomic E-state index is 6.05. The third-order valence-electron chi connectivity index (χ3n) is 3.17. The number of rotatable bonds is 3. The number of nitrogens with zero attached hydrogens (tertiary/aromatic N) is 1. The van der Waals surface area contributed by atoms with Crippen molar-refractivity contribution in [3.05, 3.63) is 33.3 Å². The van der Waals surface area contributed by atoms with Gasteiger partial charge >= 0.3 is 0 Å². The molecule has 0 aliphatic carbocycles. The van der Waals surface area contributed by atoms with Crippen molar-refractivity contribution in [2.24, 2.45) is 0 Å². The Morgan fingerprint density at radius 1 is 1.35 bits per heavy atom. The first kappa shape index (κ1) is 13.3. The van der Waals surface area contributed by atoms with Gasteiger partial charge < -0.3 is 4.74 Å². The van der Waals surface area contributed by atoms with Crippen molar-refractivity contribution in [2.45, 2.75) is 25.4 Å². The average molecular weight is 319 g/mol. The quantitative estimate of drug-likeness (QED) is 0.842. The Bertz CT molecular complexity index is 359. The fraction of sp³-hybridized carbons (Fsp3) is 0.538. The second-order valence-corrected chi connectivity index (χ2v) is 5.89. The lowest BCUT2D eigenvalue weighted by Crippen LogP contribution is -2.36. The summed E-state index contributed by atoms with van der Waals surface area (Å²) in [6, 6.07) is 6.70. The van der Waals surface area contributed by atoms with Crippen molar-refractivity contribution in [3.8, 4) is 0 Å². The Hall–Kier alpha value is -0.0900. The second kappa shape index (κ2) is 6.19. The Kier molecular flexibility index (Phi) is 4.86. The molecule has 2 rings (SSSR count). The molecule has 1 aliphatic heterocycles. The Morgan fingerprint density at radius 3 is 2.71 bits per heavy atom. The van der Waals surface area contributed by atoms with Crippen LogP contribution in [0.2, 0.25) is 5.02 Å². The minimum absolute atomic E-state index is 0.626. The highest BCUT2D eigenvalue weighted by Gasteiger charge is 2.18. The molecule has 1 aromatic carbocycles. The van der Waals surface area contributed by atoms with Crippen molar-refractivity contribution in [1.82, 2.24) is 4.90 Å². The van der Waals surface area contributed by atoms with Gasteiger partial charge in [-0.05, 0) is 43.7 Å². The van der Waals surface area contributed by atoms with Gasteiger partial charge in [0.05, 0.1) is 0 Å². The highest BCUT2D eigenvalue weighted by molar-refractivity contribution is 9.10. The number of benzene rings is 1. The number of ether oxygens (including phenoxy) is 1. The molecular formula is C13H17BrClNO. The third-order valence-corrected chi connectivity index (χ3v) is 3.84. The minimum atomic E-state index is 0.626. The van der Waals surface area contributed by atoms with Gasteiger partial charge in [-0.15, -0.1) is 0 Å². The molecule has 94 valence electrons. The first-order chi connectivity index (χ1) is 8.15. The summed E-state index contributed by atoms with van der Waals surface area (Å²) < 4.78 is 6.43. The molecule has 1 aliphatic rings. The molecule has 2 nitrogen and oxygen atoms in total. The van der Waals surface area contributed by atoms with Gasteiger partial charge in [-0.3, -0.25) is 4.90 Å². The van der Waals surface area contributed by atoms with Gasteiger partial charge in [0.25, 0.3) is 0 Å². The zero-order valence-corrected chi connectivity index (χ0v) is 12.3. The van der Waals surface area contributed by atoms with Crippen LogP contribution in [0.3, 0.4) is 0 Å². The zero-order chi connectivity index (χ0) is 12.3. The fourth-order valence-electron chi connectivity index (χ4n) is 2.25. The number of halogens is 2. The van der Waals surface area contributed by atoms with Crippen molar-refractivity contribution < 1.29 is 4.74 Å². The maximum Gasteiger partial charge on any atom is 0.0480 e. The van der Waals surface area contributed by atoms with Crippen LogP contribution < -0.4 is 0 Å². The zero-order valence-electron chi connectivity index (χ0n) is 9.96. The van der Waals surface area contributed by atoms with E-state index < -0.39 is 0 Å². The molecule has 4 heteroatoms. The molecule has 0 unspecified atom stereocenters. The standard InChI is InChI=1S/C13H17BrClNO/c1-16(13-2-4-17-5-3-13)9-10-6-11(14)8-12(15)7-10/h6-8,13H,2-5,9H2,1H3. The summed E-state index contributed by atoms with van der Waals surface area (Å²) in [5.74, 6) is 0. The Balaban J connectivity index is 1.99. The maximum absolute atomic E-state index is 6.05. The van der Waals surface area contributed by atoms with Crippen LogP contribution in [0.5, 0.6) is 0 Å². The summed E-state index contributed by atoms with van der Waals surface area (Å²) in [5, 5.41) is 0.787. The van der Waals surface area contributed by atoms with Gasteiger partial charge in [-0.1, -0.05) is 27.5 Å². The second-order valence-electron chi connectivity index (χ2n) is 4.54. The molecule has 1 heterocycles. The van der Waals surface area contributed by atoms with E-state index in [4.69, 9.17) is 16.3 Å². The van der Waals surface area contributed by atoms with Gasteiger partial charge in [0.1, 0.15) is 0 Å². The Morgan fingerprint density at radius 2 is 2.06 bits per heavy atom. The molecule has 0 N–H and O–H groups in total. The van der Waals surface area contributed by atoms with Crippen molar-refractivity contribution in [2.75, 3.05) is 20.3 Å². The van der Waals surface area contributed by atoms with E-state index in [-0.39, 0.29) is 0 Å². The highest BCUT2D eigenvalue weighted by atomic mass is 79.9. The van der Waals surface area contributed by atoms with Gasteiger partial charge in [0.15, 0.2) is 0 Å². The van der Waals surface area contributed by atoms with E-state index in [9.17, 15) is 0 Å². The van der Waals surface area contributed by atoms with Gasteiger partial charge in [0, 0.05) is 35.3 Å². The number of hydrogen-bond donors (Lipinski definition) is 0. The normalized spacial score (nSPS) is 17.6. The molecule has 17 heavy (non-hydrogen) atoms. The lowest BCUT2D eigenvalue weighted by atomic mass is 10.1. The predicted molar refractivity (Wildman–Crippen MR) is 74.5 cm³/mol. The molecule has 0 atom stereocenters. The van der Waals surface area contributed by atoms with Crippen molar-refractivity contribution >= 4 is 27.5 Å². The average Bonchev–Trinajstić information content (AvgIpc) is 2.28. The summed E-state index contributed by atoms with van der Waals surface area (Å²) >= 11 is 9.53. The van der Waals surface area contributed by atoms with Crippen molar-refractivity contribution in [1.29, 1.82) is 0 Å². The summed E-state index contributed by atoms with van der Waals surface area (Å²) in [6.45, 7) is 2.70. The molecule has 0 bridgehead atoms. The SMILES string of the molecule is CN(Cc1cc(Cl)cc(Br)c1)C1CCOCC1. The van der Waals surface area contributed by atoms with E-state index in [0.717, 1.165) is 42.1 Å². The molecule has 0 radical (unpaired) electrons. The van der Waals surface area contributed by atoms with Crippen LogP contribution in [0.15, 0.2) is 22.7 Å². The van der Waals surface area contributed by atoms with Crippen LogP contribution in [-0.2, 0) is 11.3 Å². The van der Waals surface area contributed by atoms with Gasteiger partial charge in [-0.25, -0.2) is 0 Å². The summed E-state index contributed by atoms with van der Waals surface area (Å²) in [5.41, 5.74) is 1.25. The first-order valence-corrected chi connectivity index (χ1v) is 7.05. The van der Waals surface area contributed by atoms with Crippen LogP contribution in [0, 0.1) is 0 Å². The van der Waals surface area contributed by atoms with E-state index in [2.05, 4.69) is 33.9 Å². The molecule has 0 amide bonds. The predicted octanol–water partition coefficient (Wildman–Crippen LogP) is 3.71. The fourth-order valence-corrected chi connectivity index (χ4v) is 3.18. The molecule has 1 saturated heterocycles. The van der Waals surface area contributed by atoms with Gasteiger partial charge in [0.2, 0.25) is 0 Å². The van der Waals surface area contributed by atoms with Gasteiger partial charge in [-0.2, -0.15) is 0 Å². The summed E-state index contributed by atoms with van der Waals surface area (Å²) in [7, 11) is 2.17. The topological polar surface area (TPSA) is 12.5 Å². The van der Waals surface area contributed by atoms with Crippen LogP contribution in [-0.4, -0.2) is 31.2 Å². The van der Waals surface area contributed by atoms with E-state index in [0.29, 0.717) is 6.04 Å².